The lowest BCUT2D eigenvalue weighted by Crippen LogP contribution is -3.11. The van der Waals surface area contributed by atoms with E-state index in [1.165, 1.54) is 4.88 Å². The fourth-order valence-corrected chi connectivity index (χ4v) is 3.76. The third-order valence-corrected chi connectivity index (χ3v) is 4.80. The lowest BCUT2D eigenvalue weighted by atomic mass is 10.2. The van der Waals surface area contributed by atoms with Gasteiger partial charge in [0.1, 0.15) is 6.54 Å². The van der Waals surface area contributed by atoms with Crippen molar-refractivity contribution in [1.29, 1.82) is 5.26 Å². The summed E-state index contributed by atoms with van der Waals surface area (Å²) in [6.45, 7) is 5.59. The van der Waals surface area contributed by atoms with Crippen LogP contribution in [0.3, 0.4) is 0 Å². The van der Waals surface area contributed by atoms with Gasteiger partial charge in [-0.1, -0.05) is 12.6 Å². The molecule has 0 aliphatic heterocycles. The number of benzene rings is 1. The Balaban J connectivity index is 1.97. The molecule has 23 heavy (non-hydrogen) atoms. The first-order chi connectivity index (χ1) is 11.1. The van der Waals surface area contributed by atoms with E-state index in [2.05, 4.69) is 40.0 Å². The van der Waals surface area contributed by atoms with Crippen LogP contribution in [0.15, 0.2) is 52.8 Å². The zero-order valence-corrected chi connectivity index (χ0v) is 14.9. The number of anilines is 1. The fourth-order valence-electron chi connectivity index (χ4n) is 2.20. The van der Waals surface area contributed by atoms with Gasteiger partial charge in [0.15, 0.2) is 6.54 Å². The molecular formula is C17H17BrN3OS+. The second-order valence-electron chi connectivity index (χ2n) is 5.04. The predicted molar refractivity (Wildman–Crippen MR) is 96.4 cm³/mol. The Morgan fingerprint density at radius 2 is 2.26 bits per heavy atom. The first-order valence-corrected chi connectivity index (χ1v) is 8.70. The third kappa shape index (κ3) is 5.64. The molecule has 0 saturated carbocycles. The highest BCUT2D eigenvalue weighted by atomic mass is 79.9. The minimum atomic E-state index is -0.0763. The molecule has 0 bridgehead atoms. The molecule has 0 spiro atoms. The average Bonchev–Trinajstić information content (AvgIpc) is 2.92. The number of amides is 1. The molecule has 2 rings (SSSR count). The second-order valence-corrected chi connectivity index (χ2v) is 7.59. The van der Waals surface area contributed by atoms with Gasteiger partial charge < -0.3 is 10.2 Å². The number of hydrogen-bond acceptors (Lipinski definition) is 3. The van der Waals surface area contributed by atoms with Crippen LogP contribution in [0.2, 0.25) is 0 Å². The Morgan fingerprint density at radius 3 is 2.91 bits per heavy atom. The van der Waals surface area contributed by atoms with Gasteiger partial charge >= 0.3 is 0 Å². The molecule has 1 unspecified atom stereocenters. The molecule has 1 aromatic carbocycles. The van der Waals surface area contributed by atoms with Gasteiger partial charge in [0.05, 0.1) is 26.8 Å². The Bertz CT molecular complexity index is 735. The minimum absolute atomic E-state index is 0.0763. The van der Waals surface area contributed by atoms with Crippen LogP contribution < -0.4 is 10.2 Å². The molecule has 1 atom stereocenters. The first-order valence-electron chi connectivity index (χ1n) is 7.09. The summed E-state index contributed by atoms with van der Waals surface area (Å²) in [5.41, 5.74) is 1.17. The molecule has 4 nitrogen and oxygen atoms in total. The van der Waals surface area contributed by atoms with E-state index in [0.717, 1.165) is 15.2 Å². The van der Waals surface area contributed by atoms with Gasteiger partial charge in [0, 0.05) is 5.69 Å². The number of nitrogens with one attached hydrogen (secondary N) is 2. The standard InChI is InChI=1S/C17H16BrN3OS/c1-2-8-21(11-15-6-7-16(18)23-15)12-17(22)20-14-5-3-4-13(9-14)10-19/h2-7,9H,1,8,11-12H2,(H,20,22)/p+1. The third-order valence-electron chi connectivity index (χ3n) is 3.17. The van der Waals surface area contributed by atoms with Gasteiger partial charge in [0.25, 0.3) is 5.91 Å². The van der Waals surface area contributed by atoms with E-state index in [1.54, 1.807) is 35.6 Å². The quantitative estimate of drug-likeness (QED) is 0.713. The van der Waals surface area contributed by atoms with Crippen LogP contribution in [-0.2, 0) is 11.3 Å². The van der Waals surface area contributed by atoms with Crippen LogP contribution in [0.4, 0.5) is 5.69 Å². The van der Waals surface area contributed by atoms with E-state index >= 15 is 0 Å². The summed E-state index contributed by atoms with van der Waals surface area (Å²) in [5, 5.41) is 11.7. The van der Waals surface area contributed by atoms with E-state index in [4.69, 9.17) is 5.26 Å². The lowest BCUT2D eigenvalue weighted by molar-refractivity contribution is -0.899. The first kappa shape index (κ1) is 17.4. The average molecular weight is 391 g/mol. The van der Waals surface area contributed by atoms with Crippen LogP contribution >= 0.6 is 27.3 Å². The van der Waals surface area contributed by atoms with Crippen LogP contribution in [-0.4, -0.2) is 19.0 Å². The molecular weight excluding hydrogens is 374 g/mol. The van der Waals surface area contributed by atoms with Gasteiger partial charge in [-0.05, 0) is 52.3 Å². The van der Waals surface area contributed by atoms with Crippen molar-refractivity contribution in [2.75, 3.05) is 18.4 Å². The van der Waals surface area contributed by atoms with Crippen LogP contribution in [0.5, 0.6) is 0 Å². The van der Waals surface area contributed by atoms with E-state index in [0.29, 0.717) is 24.3 Å². The smallest absolute Gasteiger partial charge is 0.279 e. The lowest BCUT2D eigenvalue weighted by Gasteiger charge is -2.16. The summed E-state index contributed by atoms with van der Waals surface area (Å²) in [6.07, 6.45) is 1.82. The van der Waals surface area contributed by atoms with Crippen LogP contribution in [0.1, 0.15) is 10.4 Å². The van der Waals surface area contributed by atoms with Gasteiger partial charge in [-0.15, -0.1) is 11.3 Å². The van der Waals surface area contributed by atoms with Crippen molar-refractivity contribution in [2.24, 2.45) is 0 Å². The molecule has 118 valence electrons. The molecule has 1 aromatic heterocycles. The molecule has 0 saturated heterocycles. The van der Waals surface area contributed by atoms with Gasteiger partial charge in [-0.25, -0.2) is 0 Å². The summed E-state index contributed by atoms with van der Waals surface area (Å²) in [4.78, 5) is 14.6. The van der Waals surface area contributed by atoms with Crippen molar-refractivity contribution in [3.8, 4) is 6.07 Å². The Kier molecular flexibility index (Phi) is 6.53. The summed E-state index contributed by atoms with van der Waals surface area (Å²) < 4.78 is 1.09. The Hall–Kier alpha value is -1.94. The maximum Gasteiger partial charge on any atom is 0.279 e. The molecule has 1 heterocycles. The summed E-state index contributed by atoms with van der Waals surface area (Å²) in [6, 6.07) is 13.1. The molecule has 6 heteroatoms. The highest BCUT2D eigenvalue weighted by molar-refractivity contribution is 9.11. The second kappa shape index (κ2) is 8.63. The topological polar surface area (TPSA) is 57.3 Å². The molecule has 0 aliphatic rings. The Morgan fingerprint density at radius 1 is 1.43 bits per heavy atom. The zero-order chi connectivity index (χ0) is 16.7. The Labute approximate surface area is 148 Å². The molecule has 1 amide bonds. The van der Waals surface area contributed by atoms with Crippen LogP contribution in [0, 0.1) is 11.3 Å². The fraction of sp³-hybridized carbons (Fsp3) is 0.176. The molecule has 2 N–H and O–H groups in total. The summed E-state index contributed by atoms with van der Waals surface area (Å²) in [5.74, 6) is -0.0763. The number of thiophene rings is 1. The number of carbonyl (C=O) groups excluding carboxylic acids is 1. The van der Waals surface area contributed by atoms with E-state index in [1.807, 2.05) is 12.1 Å². The summed E-state index contributed by atoms with van der Waals surface area (Å²) in [7, 11) is 0. The maximum atomic E-state index is 12.2. The highest BCUT2D eigenvalue weighted by Gasteiger charge is 2.15. The van der Waals surface area contributed by atoms with Gasteiger partial charge in [0.2, 0.25) is 0 Å². The van der Waals surface area contributed by atoms with Gasteiger partial charge in [-0.2, -0.15) is 5.26 Å². The number of hydrogen-bond donors (Lipinski definition) is 2. The van der Waals surface area contributed by atoms with Crippen molar-refractivity contribution in [3.05, 3.63) is 63.3 Å². The SMILES string of the molecule is C=CC[NH+](CC(=O)Nc1cccc(C#N)c1)Cc1ccc(Br)s1. The van der Waals surface area contributed by atoms with Crippen LogP contribution in [0.25, 0.3) is 0 Å². The number of halogens is 1. The zero-order valence-electron chi connectivity index (χ0n) is 12.5. The highest BCUT2D eigenvalue weighted by Crippen LogP contribution is 2.21. The number of carbonyl (C=O) groups is 1. The normalized spacial score (nSPS) is 11.5. The van der Waals surface area contributed by atoms with Crippen molar-refractivity contribution in [1.82, 2.24) is 0 Å². The predicted octanol–water partition coefficient (Wildman–Crippen LogP) is 2.59. The summed E-state index contributed by atoms with van der Waals surface area (Å²) >= 11 is 5.12. The molecule has 0 aliphatic carbocycles. The number of nitrogens with zero attached hydrogens (tertiary/aromatic N) is 1. The maximum absolute atomic E-state index is 12.2. The minimum Gasteiger partial charge on any atom is -0.321 e. The van der Waals surface area contributed by atoms with Crippen molar-refractivity contribution < 1.29 is 9.69 Å². The molecule has 0 fully saturated rings. The monoisotopic (exact) mass is 390 g/mol. The van der Waals surface area contributed by atoms with Crippen molar-refractivity contribution in [3.63, 3.8) is 0 Å². The van der Waals surface area contributed by atoms with Crippen molar-refractivity contribution in [2.45, 2.75) is 6.54 Å². The largest absolute Gasteiger partial charge is 0.321 e. The number of rotatable bonds is 7. The van der Waals surface area contributed by atoms with Gasteiger partial charge in [-0.3, -0.25) is 4.79 Å². The van der Waals surface area contributed by atoms with Crippen molar-refractivity contribution >= 4 is 38.9 Å². The van der Waals surface area contributed by atoms with E-state index in [9.17, 15) is 4.79 Å². The number of quaternary nitrogens is 1. The van der Waals surface area contributed by atoms with E-state index < -0.39 is 0 Å². The van der Waals surface area contributed by atoms with E-state index in [-0.39, 0.29) is 5.91 Å². The molecule has 0 radical (unpaired) electrons. The number of nitriles is 1. The molecule has 2 aromatic rings.